The van der Waals surface area contributed by atoms with Crippen molar-refractivity contribution in [3.05, 3.63) is 77.9 Å². The van der Waals surface area contributed by atoms with Crippen molar-refractivity contribution in [2.75, 3.05) is 0 Å². The zero-order valence-corrected chi connectivity index (χ0v) is 12.3. The van der Waals surface area contributed by atoms with Gasteiger partial charge in [0.15, 0.2) is 5.76 Å². The fraction of sp³-hybridized carbons (Fsp3) is 0.111. The Balaban J connectivity index is 1.64. The van der Waals surface area contributed by atoms with E-state index in [0.29, 0.717) is 18.0 Å². The average Bonchev–Trinajstić information content (AvgIpc) is 3.10. The molecule has 2 aromatic heterocycles. The van der Waals surface area contributed by atoms with Crippen molar-refractivity contribution in [3.63, 3.8) is 0 Å². The fourth-order valence-corrected chi connectivity index (χ4v) is 2.26. The van der Waals surface area contributed by atoms with Crippen LogP contribution >= 0.6 is 0 Å². The summed E-state index contributed by atoms with van der Waals surface area (Å²) in [4.78, 5) is 16.3. The van der Waals surface area contributed by atoms with E-state index in [9.17, 15) is 9.18 Å². The summed E-state index contributed by atoms with van der Waals surface area (Å²) in [5, 5.41) is 2.85. The number of amides is 1. The van der Waals surface area contributed by atoms with Gasteiger partial charge in [0.25, 0.3) is 0 Å². The van der Waals surface area contributed by atoms with Crippen LogP contribution in [0.5, 0.6) is 0 Å². The molecule has 0 fully saturated rings. The molecule has 0 radical (unpaired) electrons. The molecule has 0 aliphatic heterocycles. The molecule has 0 saturated heterocycles. The lowest BCUT2D eigenvalue weighted by Gasteiger charge is -2.08. The number of carbonyl (C=O) groups excluding carboxylic acids is 1. The Morgan fingerprint density at radius 2 is 1.96 bits per heavy atom. The number of nitrogens with zero attached hydrogens (tertiary/aromatic N) is 1. The van der Waals surface area contributed by atoms with Crippen LogP contribution in [0.2, 0.25) is 0 Å². The molecule has 1 amide bonds. The van der Waals surface area contributed by atoms with Crippen molar-refractivity contribution in [3.8, 4) is 11.5 Å². The molecule has 4 nitrogen and oxygen atoms in total. The molecule has 5 heteroatoms. The smallest absolute Gasteiger partial charge is 0.224 e. The van der Waals surface area contributed by atoms with Gasteiger partial charge in [0.05, 0.1) is 12.7 Å². The topological polar surface area (TPSA) is 55.1 Å². The van der Waals surface area contributed by atoms with Gasteiger partial charge < -0.3 is 9.73 Å². The van der Waals surface area contributed by atoms with Gasteiger partial charge in [0.2, 0.25) is 5.91 Å². The lowest BCUT2D eigenvalue weighted by Crippen LogP contribution is -2.24. The minimum atomic E-state index is -0.312. The SMILES string of the molecule is O=C(Cc1ccc(F)cc1)NCc1cccnc1-c1ccco1. The first-order valence-corrected chi connectivity index (χ1v) is 7.21. The number of aromatic nitrogens is 1. The third kappa shape index (κ3) is 3.83. The second kappa shape index (κ2) is 6.87. The number of rotatable bonds is 5. The van der Waals surface area contributed by atoms with Gasteiger partial charge in [-0.1, -0.05) is 18.2 Å². The Bertz CT molecular complexity index is 783. The molecule has 0 atom stereocenters. The van der Waals surface area contributed by atoms with E-state index in [1.807, 2.05) is 18.2 Å². The normalized spacial score (nSPS) is 10.5. The highest BCUT2D eigenvalue weighted by molar-refractivity contribution is 5.78. The first kappa shape index (κ1) is 15.0. The van der Waals surface area contributed by atoms with Gasteiger partial charge in [-0.3, -0.25) is 9.78 Å². The number of halogens is 1. The zero-order valence-electron chi connectivity index (χ0n) is 12.3. The molecule has 1 aromatic carbocycles. The predicted octanol–water partition coefficient (Wildman–Crippen LogP) is 3.34. The average molecular weight is 310 g/mol. The summed E-state index contributed by atoms with van der Waals surface area (Å²) in [6.45, 7) is 0.351. The van der Waals surface area contributed by atoms with Gasteiger partial charge in [-0.25, -0.2) is 4.39 Å². The van der Waals surface area contributed by atoms with E-state index in [1.165, 1.54) is 12.1 Å². The summed E-state index contributed by atoms with van der Waals surface area (Å²) in [6.07, 6.45) is 3.47. The van der Waals surface area contributed by atoms with Gasteiger partial charge in [-0.2, -0.15) is 0 Å². The van der Waals surface area contributed by atoms with Crippen LogP contribution in [-0.4, -0.2) is 10.9 Å². The second-order valence-electron chi connectivity index (χ2n) is 5.07. The summed E-state index contributed by atoms with van der Waals surface area (Å²) in [5.41, 5.74) is 2.34. The lowest BCUT2D eigenvalue weighted by atomic mass is 10.1. The van der Waals surface area contributed by atoms with Crippen molar-refractivity contribution >= 4 is 5.91 Å². The van der Waals surface area contributed by atoms with Crippen LogP contribution in [-0.2, 0) is 17.8 Å². The molecule has 23 heavy (non-hydrogen) atoms. The van der Waals surface area contributed by atoms with Crippen molar-refractivity contribution in [2.45, 2.75) is 13.0 Å². The van der Waals surface area contributed by atoms with Gasteiger partial charge in [-0.15, -0.1) is 0 Å². The Morgan fingerprint density at radius 1 is 1.13 bits per heavy atom. The maximum atomic E-state index is 12.9. The van der Waals surface area contributed by atoms with Crippen molar-refractivity contribution in [1.82, 2.24) is 10.3 Å². The van der Waals surface area contributed by atoms with E-state index in [-0.39, 0.29) is 18.1 Å². The van der Waals surface area contributed by atoms with Crippen LogP contribution in [0.15, 0.2) is 65.4 Å². The molecular formula is C18H15FN2O2. The molecule has 1 N–H and O–H groups in total. The zero-order chi connectivity index (χ0) is 16.1. The van der Waals surface area contributed by atoms with E-state index in [1.54, 1.807) is 30.7 Å². The standard InChI is InChI=1S/C18H15FN2O2/c19-15-7-5-13(6-8-15)11-17(22)21-12-14-3-1-9-20-18(14)16-4-2-10-23-16/h1-10H,11-12H2,(H,21,22). The third-order valence-corrected chi connectivity index (χ3v) is 3.40. The summed E-state index contributed by atoms with van der Waals surface area (Å²) in [7, 11) is 0. The summed E-state index contributed by atoms with van der Waals surface area (Å²) < 4.78 is 18.2. The van der Waals surface area contributed by atoms with Crippen LogP contribution in [0.4, 0.5) is 4.39 Å². The molecule has 3 aromatic rings. The second-order valence-corrected chi connectivity index (χ2v) is 5.07. The maximum Gasteiger partial charge on any atom is 0.224 e. The molecule has 2 heterocycles. The number of carbonyl (C=O) groups is 1. The molecule has 0 aliphatic rings. The molecule has 0 spiro atoms. The van der Waals surface area contributed by atoms with Gasteiger partial charge >= 0.3 is 0 Å². The number of hydrogen-bond donors (Lipinski definition) is 1. The van der Waals surface area contributed by atoms with Crippen LogP contribution < -0.4 is 5.32 Å². The van der Waals surface area contributed by atoms with Crippen molar-refractivity contribution < 1.29 is 13.6 Å². The Kier molecular flexibility index (Phi) is 4.47. The first-order valence-electron chi connectivity index (χ1n) is 7.21. The number of hydrogen-bond acceptors (Lipinski definition) is 3. The summed E-state index contributed by atoms with van der Waals surface area (Å²) in [5.74, 6) is 0.215. The highest BCUT2D eigenvalue weighted by Crippen LogP contribution is 2.21. The monoisotopic (exact) mass is 310 g/mol. The molecule has 0 unspecified atom stereocenters. The van der Waals surface area contributed by atoms with E-state index >= 15 is 0 Å². The Labute approximate surface area is 133 Å². The number of nitrogens with one attached hydrogen (secondary N) is 1. The van der Waals surface area contributed by atoms with Crippen molar-refractivity contribution in [2.24, 2.45) is 0 Å². The number of pyridine rings is 1. The molecule has 0 bridgehead atoms. The molecular weight excluding hydrogens is 295 g/mol. The molecule has 0 aliphatic carbocycles. The quantitative estimate of drug-likeness (QED) is 0.786. The maximum absolute atomic E-state index is 12.9. The van der Waals surface area contributed by atoms with Crippen LogP contribution in [0.25, 0.3) is 11.5 Å². The van der Waals surface area contributed by atoms with E-state index in [0.717, 1.165) is 11.1 Å². The van der Waals surface area contributed by atoms with Gasteiger partial charge in [0.1, 0.15) is 11.5 Å². The third-order valence-electron chi connectivity index (χ3n) is 3.40. The molecule has 0 saturated carbocycles. The number of furan rings is 1. The first-order chi connectivity index (χ1) is 11.2. The summed E-state index contributed by atoms with van der Waals surface area (Å²) >= 11 is 0. The molecule has 3 rings (SSSR count). The van der Waals surface area contributed by atoms with Gasteiger partial charge in [0, 0.05) is 18.3 Å². The van der Waals surface area contributed by atoms with E-state index < -0.39 is 0 Å². The lowest BCUT2D eigenvalue weighted by molar-refractivity contribution is -0.120. The highest BCUT2D eigenvalue weighted by Gasteiger charge is 2.10. The van der Waals surface area contributed by atoms with Gasteiger partial charge in [-0.05, 0) is 35.9 Å². The van der Waals surface area contributed by atoms with Crippen LogP contribution in [0.3, 0.4) is 0 Å². The molecule has 116 valence electrons. The Morgan fingerprint density at radius 3 is 2.70 bits per heavy atom. The predicted molar refractivity (Wildman–Crippen MR) is 83.9 cm³/mol. The van der Waals surface area contributed by atoms with E-state index in [4.69, 9.17) is 4.42 Å². The fourth-order valence-electron chi connectivity index (χ4n) is 2.26. The minimum absolute atomic E-state index is 0.133. The highest BCUT2D eigenvalue weighted by atomic mass is 19.1. The van der Waals surface area contributed by atoms with Crippen LogP contribution in [0.1, 0.15) is 11.1 Å². The van der Waals surface area contributed by atoms with Crippen molar-refractivity contribution in [1.29, 1.82) is 0 Å². The van der Waals surface area contributed by atoms with E-state index in [2.05, 4.69) is 10.3 Å². The largest absolute Gasteiger partial charge is 0.463 e. The number of benzene rings is 1. The minimum Gasteiger partial charge on any atom is -0.463 e. The Hall–Kier alpha value is -2.95. The summed E-state index contributed by atoms with van der Waals surface area (Å²) in [6, 6.07) is 13.2. The van der Waals surface area contributed by atoms with Crippen LogP contribution in [0, 0.1) is 5.82 Å².